The van der Waals surface area contributed by atoms with E-state index in [1.165, 1.54) is 6.20 Å². The van der Waals surface area contributed by atoms with Crippen LogP contribution in [0.15, 0.2) is 22.9 Å². The predicted octanol–water partition coefficient (Wildman–Crippen LogP) is 2.00. The molecule has 2 aromatic heterocycles. The summed E-state index contributed by atoms with van der Waals surface area (Å²) in [5.41, 5.74) is 6.55. The van der Waals surface area contributed by atoms with Crippen molar-refractivity contribution in [2.45, 2.75) is 19.9 Å². The number of nitriles is 1. The molecule has 0 radical (unpaired) electrons. The van der Waals surface area contributed by atoms with E-state index in [0.29, 0.717) is 23.0 Å². The normalized spacial score (nSPS) is 11.8. The fourth-order valence-electron chi connectivity index (χ4n) is 1.52. The second kappa shape index (κ2) is 4.75. The van der Waals surface area contributed by atoms with Crippen molar-refractivity contribution in [3.05, 3.63) is 35.7 Å². The lowest BCUT2D eigenvalue weighted by molar-refractivity contribution is 0.453. The van der Waals surface area contributed by atoms with E-state index in [-0.39, 0.29) is 6.04 Å². The second-order valence-electron chi connectivity index (χ2n) is 3.91. The van der Waals surface area contributed by atoms with Crippen LogP contribution in [0, 0.1) is 18.3 Å². The van der Waals surface area contributed by atoms with Crippen molar-refractivity contribution >= 4 is 11.5 Å². The van der Waals surface area contributed by atoms with Crippen LogP contribution < -0.4 is 11.1 Å². The maximum atomic E-state index is 8.88. The minimum Gasteiger partial charge on any atom is -0.444 e. The van der Waals surface area contributed by atoms with Crippen molar-refractivity contribution in [2.24, 2.45) is 0 Å². The molecule has 0 spiro atoms. The smallest absolute Gasteiger partial charge is 0.216 e. The molecule has 18 heavy (non-hydrogen) atoms. The summed E-state index contributed by atoms with van der Waals surface area (Å²) in [6.45, 7) is 3.71. The molecule has 0 saturated heterocycles. The van der Waals surface area contributed by atoms with Crippen LogP contribution in [0.5, 0.6) is 0 Å². The fraction of sp³-hybridized carbons (Fsp3) is 0.250. The largest absolute Gasteiger partial charge is 0.444 e. The van der Waals surface area contributed by atoms with Crippen LogP contribution in [0.3, 0.4) is 0 Å². The van der Waals surface area contributed by atoms with Crippen molar-refractivity contribution in [3.8, 4) is 6.07 Å². The maximum absolute atomic E-state index is 8.88. The summed E-state index contributed by atoms with van der Waals surface area (Å²) < 4.78 is 5.41. The number of nitrogens with one attached hydrogen (secondary N) is 1. The Morgan fingerprint density at radius 2 is 2.28 bits per heavy atom. The Balaban J connectivity index is 2.22. The van der Waals surface area contributed by atoms with Gasteiger partial charge in [-0.3, -0.25) is 0 Å². The zero-order valence-corrected chi connectivity index (χ0v) is 10.1. The summed E-state index contributed by atoms with van der Waals surface area (Å²) in [6, 6.07) is 3.40. The zero-order chi connectivity index (χ0) is 13.1. The summed E-state index contributed by atoms with van der Waals surface area (Å²) in [5.74, 6) is 1.75. The topological polar surface area (TPSA) is 101 Å². The number of oxazole rings is 1. The molecule has 2 aromatic rings. The molecule has 0 aliphatic rings. The van der Waals surface area contributed by atoms with Crippen LogP contribution in [0.2, 0.25) is 0 Å². The standard InChI is InChI=1S/C12H13N5O/c1-7-6-16-12(18-7)8(2)17-11-10(14)9(5-13)3-4-15-11/h3-4,6,8H,14H2,1-2H3,(H,15,17). The summed E-state index contributed by atoms with van der Waals surface area (Å²) >= 11 is 0. The van der Waals surface area contributed by atoms with Gasteiger partial charge in [0.1, 0.15) is 17.9 Å². The summed E-state index contributed by atoms with van der Waals surface area (Å²) in [7, 11) is 0. The molecule has 1 unspecified atom stereocenters. The van der Waals surface area contributed by atoms with Gasteiger partial charge in [-0.1, -0.05) is 0 Å². The van der Waals surface area contributed by atoms with Gasteiger partial charge >= 0.3 is 0 Å². The summed E-state index contributed by atoms with van der Waals surface area (Å²) in [6.07, 6.45) is 3.18. The molecule has 2 rings (SSSR count). The van der Waals surface area contributed by atoms with Crippen molar-refractivity contribution in [2.75, 3.05) is 11.1 Å². The van der Waals surface area contributed by atoms with Crippen LogP contribution in [0.25, 0.3) is 0 Å². The van der Waals surface area contributed by atoms with Gasteiger partial charge in [0.05, 0.1) is 17.4 Å². The third-order valence-electron chi connectivity index (χ3n) is 2.47. The fourth-order valence-corrected chi connectivity index (χ4v) is 1.52. The molecule has 3 N–H and O–H groups in total. The second-order valence-corrected chi connectivity index (χ2v) is 3.91. The number of hydrogen-bond donors (Lipinski definition) is 2. The Bertz CT molecular complexity index is 599. The molecule has 0 amide bonds. The van der Waals surface area contributed by atoms with E-state index in [2.05, 4.69) is 15.3 Å². The van der Waals surface area contributed by atoms with Gasteiger partial charge in [0.25, 0.3) is 0 Å². The van der Waals surface area contributed by atoms with E-state index in [4.69, 9.17) is 15.4 Å². The van der Waals surface area contributed by atoms with Crippen LogP contribution in [-0.2, 0) is 0 Å². The SMILES string of the molecule is Cc1cnc(C(C)Nc2nccc(C#N)c2N)o1. The number of nitrogen functional groups attached to an aromatic ring is 1. The summed E-state index contributed by atoms with van der Waals surface area (Å²) in [5, 5.41) is 12.0. The number of anilines is 2. The van der Waals surface area contributed by atoms with E-state index in [1.807, 2.05) is 19.9 Å². The van der Waals surface area contributed by atoms with Gasteiger partial charge in [-0.25, -0.2) is 9.97 Å². The predicted molar refractivity (Wildman–Crippen MR) is 66.6 cm³/mol. The number of aryl methyl sites for hydroxylation is 1. The van der Waals surface area contributed by atoms with Crippen LogP contribution in [-0.4, -0.2) is 9.97 Å². The Morgan fingerprint density at radius 1 is 1.50 bits per heavy atom. The molecule has 0 aliphatic heterocycles. The van der Waals surface area contributed by atoms with Gasteiger partial charge in [-0.15, -0.1) is 0 Å². The highest BCUT2D eigenvalue weighted by atomic mass is 16.4. The molecule has 6 nitrogen and oxygen atoms in total. The van der Waals surface area contributed by atoms with Crippen molar-refractivity contribution in [1.29, 1.82) is 5.26 Å². The van der Waals surface area contributed by atoms with E-state index in [1.54, 1.807) is 12.3 Å². The minimum absolute atomic E-state index is 0.178. The van der Waals surface area contributed by atoms with Gasteiger partial charge in [-0.05, 0) is 19.9 Å². The van der Waals surface area contributed by atoms with Gasteiger partial charge in [0.2, 0.25) is 5.89 Å². The van der Waals surface area contributed by atoms with Crippen LogP contribution in [0.1, 0.15) is 30.2 Å². The highest BCUT2D eigenvalue weighted by Gasteiger charge is 2.14. The summed E-state index contributed by atoms with van der Waals surface area (Å²) in [4.78, 5) is 8.22. The highest BCUT2D eigenvalue weighted by molar-refractivity contribution is 5.69. The van der Waals surface area contributed by atoms with E-state index in [9.17, 15) is 0 Å². The lowest BCUT2D eigenvalue weighted by Gasteiger charge is -2.13. The first kappa shape index (κ1) is 11.9. The van der Waals surface area contributed by atoms with Crippen molar-refractivity contribution in [1.82, 2.24) is 9.97 Å². The Hall–Kier alpha value is -2.55. The monoisotopic (exact) mass is 243 g/mol. The number of aromatic nitrogens is 2. The molecule has 0 bridgehead atoms. The number of nitrogens with two attached hydrogens (primary N) is 1. The average molecular weight is 243 g/mol. The minimum atomic E-state index is -0.178. The highest BCUT2D eigenvalue weighted by Crippen LogP contribution is 2.24. The number of nitrogens with zero attached hydrogens (tertiary/aromatic N) is 3. The van der Waals surface area contributed by atoms with Gasteiger partial charge in [0.15, 0.2) is 5.82 Å². The molecule has 92 valence electrons. The van der Waals surface area contributed by atoms with E-state index in [0.717, 1.165) is 5.76 Å². The zero-order valence-electron chi connectivity index (χ0n) is 10.1. The Morgan fingerprint density at radius 3 is 2.89 bits per heavy atom. The molecule has 0 aromatic carbocycles. The lowest BCUT2D eigenvalue weighted by Crippen LogP contribution is -2.10. The third kappa shape index (κ3) is 2.25. The van der Waals surface area contributed by atoms with Gasteiger partial charge in [-0.2, -0.15) is 5.26 Å². The molecule has 6 heteroatoms. The van der Waals surface area contributed by atoms with Crippen molar-refractivity contribution < 1.29 is 4.42 Å². The van der Waals surface area contributed by atoms with Gasteiger partial charge in [0, 0.05) is 6.20 Å². The first-order chi connectivity index (χ1) is 8.61. The number of hydrogen-bond acceptors (Lipinski definition) is 6. The van der Waals surface area contributed by atoms with Crippen molar-refractivity contribution in [3.63, 3.8) is 0 Å². The molecule has 0 saturated carbocycles. The number of pyridine rings is 1. The molecule has 2 heterocycles. The lowest BCUT2D eigenvalue weighted by atomic mass is 10.2. The molecule has 0 fully saturated rings. The number of rotatable bonds is 3. The molecular formula is C12H13N5O. The molecular weight excluding hydrogens is 230 g/mol. The first-order valence-electron chi connectivity index (χ1n) is 5.45. The van der Waals surface area contributed by atoms with Gasteiger partial charge < -0.3 is 15.5 Å². The molecule has 1 atom stereocenters. The molecule has 0 aliphatic carbocycles. The average Bonchev–Trinajstić information content (AvgIpc) is 2.78. The van der Waals surface area contributed by atoms with Crippen LogP contribution >= 0.6 is 0 Å². The quantitative estimate of drug-likeness (QED) is 0.855. The Labute approximate surface area is 104 Å². The van der Waals surface area contributed by atoms with E-state index < -0.39 is 0 Å². The Kier molecular flexibility index (Phi) is 3.15. The third-order valence-corrected chi connectivity index (χ3v) is 2.47. The first-order valence-corrected chi connectivity index (χ1v) is 5.45. The van der Waals surface area contributed by atoms with E-state index >= 15 is 0 Å². The maximum Gasteiger partial charge on any atom is 0.216 e. The van der Waals surface area contributed by atoms with Crippen LogP contribution in [0.4, 0.5) is 11.5 Å².